The smallest absolute Gasteiger partial charge is 0.225 e. The molecule has 0 radical (unpaired) electrons. The quantitative estimate of drug-likeness (QED) is 0.206. The largest absolute Gasteiger partial charge is 0.478 e. The molecule has 0 unspecified atom stereocenters. The van der Waals surface area contributed by atoms with E-state index >= 15 is 0 Å². The zero-order valence-corrected chi connectivity index (χ0v) is 23.5. The number of rotatable bonds is 9. The van der Waals surface area contributed by atoms with Gasteiger partial charge in [0.1, 0.15) is 17.7 Å². The van der Waals surface area contributed by atoms with Gasteiger partial charge in [0.15, 0.2) is 5.58 Å². The van der Waals surface area contributed by atoms with E-state index in [1.54, 1.807) is 0 Å². The van der Waals surface area contributed by atoms with Crippen LogP contribution in [0.1, 0.15) is 48.8 Å². The van der Waals surface area contributed by atoms with Gasteiger partial charge < -0.3 is 35.1 Å². The van der Waals surface area contributed by atoms with Crippen molar-refractivity contribution in [3.63, 3.8) is 0 Å². The van der Waals surface area contributed by atoms with Crippen molar-refractivity contribution in [3.05, 3.63) is 58.9 Å². The summed E-state index contributed by atoms with van der Waals surface area (Å²) in [4.78, 5) is 14.1. The predicted molar refractivity (Wildman–Crippen MR) is 154 cm³/mol. The lowest BCUT2D eigenvalue weighted by molar-refractivity contribution is 0.0390. The van der Waals surface area contributed by atoms with E-state index in [1.165, 1.54) is 0 Å². The summed E-state index contributed by atoms with van der Waals surface area (Å²) in [5.74, 6) is 1.52. The van der Waals surface area contributed by atoms with E-state index in [0.717, 1.165) is 16.5 Å². The highest BCUT2D eigenvalue weighted by molar-refractivity contribution is 5.88. The number of anilines is 2. The Morgan fingerprint density at radius 3 is 2.58 bits per heavy atom. The third-order valence-corrected chi connectivity index (χ3v) is 7.63. The first-order chi connectivity index (χ1) is 19.2. The lowest BCUT2D eigenvalue weighted by atomic mass is 10.0. The third kappa shape index (κ3) is 5.34. The van der Waals surface area contributed by atoms with Crippen LogP contribution in [0.5, 0.6) is 5.88 Å². The van der Waals surface area contributed by atoms with Crippen LogP contribution in [0.4, 0.5) is 11.8 Å². The summed E-state index contributed by atoms with van der Waals surface area (Å²) in [6.07, 6.45) is -1.74. The number of ether oxygens (including phenoxy) is 1. The van der Waals surface area contributed by atoms with Crippen molar-refractivity contribution in [2.45, 2.75) is 65.3 Å². The van der Waals surface area contributed by atoms with Crippen molar-refractivity contribution < 1.29 is 24.5 Å². The molecular weight excluding hydrogens is 510 g/mol. The summed E-state index contributed by atoms with van der Waals surface area (Å²) in [5, 5.41) is 38.6. The molecule has 1 saturated carbocycles. The van der Waals surface area contributed by atoms with Crippen LogP contribution in [0.25, 0.3) is 22.3 Å². The molecule has 5 atom stereocenters. The molecule has 0 bridgehead atoms. The monoisotopic (exact) mass is 547 g/mol. The molecule has 3 aromatic heterocycles. The first-order valence-corrected chi connectivity index (χ1v) is 13.7. The second-order valence-corrected chi connectivity index (χ2v) is 10.5. The minimum Gasteiger partial charge on any atom is -0.478 e. The van der Waals surface area contributed by atoms with Crippen LogP contribution in [0.15, 0.2) is 40.8 Å². The molecule has 0 spiro atoms. The lowest BCUT2D eigenvalue weighted by Gasteiger charge is -2.25. The molecular formula is C30H37N5O5. The third-order valence-electron chi connectivity index (χ3n) is 7.63. The van der Waals surface area contributed by atoms with Gasteiger partial charge in [-0.3, -0.25) is 0 Å². The van der Waals surface area contributed by atoms with Crippen LogP contribution in [0.3, 0.4) is 0 Å². The van der Waals surface area contributed by atoms with Gasteiger partial charge in [0.25, 0.3) is 0 Å². The van der Waals surface area contributed by atoms with E-state index in [9.17, 15) is 15.3 Å². The Balaban J connectivity index is 1.59. The SMILES string of the molecule is CCOc1cc2cc(-c3c(C)nc(N[C@H](C)c4ccccc4C)nc3N[C@@H]3[C@H](CO)C[C@@H](O)[C@H]3O)oc2c(C)n1. The van der Waals surface area contributed by atoms with Gasteiger partial charge in [0, 0.05) is 24.0 Å². The van der Waals surface area contributed by atoms with Gasteiger partial charge in [-0.05, 0) is 58.2 Å². The predicted octanol–water partition coefficient (Wildman–Crippen LogP) is 4.30. The minimum absolute atomic E-state index is 0.0692. The Kier molecular flexibility index (Phi) is 7.93. The molecule has 40 heavy (non-hydrogen) atoms. The van der Waals surface area contributed by atoms with Crippen LogP contribution in [-0.2, 0) is 0 Å². The maximum absolute atomic E-state index is 10.7. The number of nitrogens with zero attached hydrogens (tertiary/aromatic N) is 3. The fourth-order valence-corrected chi connectivity index (χ4v) is 5.57. The van der Waals surface area contributed by atoms with E-state index in [4.69, 9.17) is 19.1 Å². The molecule has 3 heterocycles. The Hall–Kier alpha value is -3.73. The summed E-state index contributed by atoms with van der Waals surface area (Å²) in [6, 6.07) is 11.2. The Bertz CT molecular complexity index is 1510. The van der Waals surface area contributed by atoms with Crippen molar-refractivity contribution >= 4 is 22.7 Å². The van der Waals surface area contributed by atoms with Crippen LogP contribution >= 0.6 is 0 Å². The molecule has 10 heteroatoms. The number of fused-ring (bicyclic) bond motifs is 1. The van der Waals surface area contributed by atoms with Gasteiger partial charge in [-0.1, -0.05) is 24.3 Å². The molecule has 0 saturated heterocycles. The number of furan rings is 1. The number of aliphatic hydroxyl groups is 3. The van der Waals surface area contributed by atoms with Gasteiger partial charge >= 0.3 is 0 Å². The standard InChI is InChI=1S/C30H37N5O5/c1-6-39-24-13-19-12-23(40-28(19)18(5)31-24)25-17(4)33-30(32-16(3)21-10-8-7-9-15(21)2)35-29(25)34-26-20(14-36)11-22(37)27(26)38/h7-10,12-13,16,20,22,26-27,36-38H,6,11,14H2,1-5H3,(H2,32,33,34,35)/t16-,20+,22-,26-,27-/m1/s1. The lowest BCUT2D eigenvalue weighted by Crippen LogP contribution is -2.38. The van der Waals surface area contributed by atoms with Crippen LogP contribution in [0.2, 0.25) is 0 Å². The van der Waals surface area contributed by atoms with Crippen molar-refractivity contribution in [1.82, 2.24) is 15.0 Å². The highest BCUT2D eigenvalue weighted by Gasteiger charge is 2.42. The maximum atomic E-state index is 10.7. The van der Waals surface area contributed by atoms with Crippen molar-refractivity contribution in [1.29, 1.82) is 0 Å². The van der Waals surface area contributed by atoms with Gasteiger partial charge in [-0.15, -0.1) is 0 Å². The van der Waals surface area contributed by atoms with E-state index in [-0.39, 0.29) is 25.0 Å². The highest BCUT2D eigenvalue weighted by atomic mass is 16.5. The molecule has 1 fully saturated rings. The fourth-order valence-electron chi connectivity index (χ4n) is 5.57. The molecule has 10 nitrogen and oxygen atoms in total. The van der Waals surface area contributed by atoms with Gasteiger partial charge in [-0.25, -0.2) is 9.97 Å². The summed E-state index contributed by atoms with van der Waals surface area (Å²) < 4.78 is 11.9. The Morgan fingerprint density at radius 1 is 1.07 bits per heavy atom. The fraction of sp³-hybridized carbons (Fsp3) is 0.433. The molecule has 212 valence electrons. The molecule has 0 aliphatic heterocycles. The minimum atomic E-state index is -1.07. The number of aromatic nitrogens is 3. The van der Waals surface area contributed by atoms with Crippen LogP contribution < -0.4 is 15.4 Å². The molecule has 1 aromatic carbocycles. The van der Waals surface area contributed by atoms with Crippen molar-refractivity contribution in [2.24, 2.45) is 5.92 Å². The molecule has 4 aromatic rings. The van der Waals surface area contributed by atoms with E-state index in [1.807, 2.05) is 52.0 Å². The molecule has 1 aliphatic carbocycles. The average Bonchev–Trinajstić information content (AvgIpc) is 3.45. The summed E-state index contributed by atoms with van der Waals surface area (Å²) in [7, 11) is 0. The Morgan fingerprint density at radius 2 is 1.85 bits per heavy atom. The van der Waals surface area contributed by atoms with Gasteiger partial charge in [-0.2, -0.15) is 4.98 Å². The number of hydrogen-bond donors (Lipinski definition) is 5. The molecule has 5 N–H and O–H groups in total. The zero-order valence-electron chi connectivity index (χ0n) is 23.5. The highest BCUT2D eigenvalue weighted by Crippen LogP contribution is 2.38. The van der Waals surface area contributed by atoms with E-state index in [0.29, 0.717) is 52.5 Å². The summed E-state index contributed by atoms with van der Waals surface area (Å²) in [6.45, 7) is 10.1. The normalized spacial score (nSPS) is 21.5. The zero-order chi connectivity index (χ0) is 28.6. The second kappa shape index (κ2) is 11.4. The van der Waals surface area contributed by atoms with Crippen LogP contribution in [-0.4, -0.2) is 61.7 Å². The molecule has 1 aliphatic rings. The number of aryl methyl sites for hydroxylation is 3. The first-order valence-electron chi connectivity index (χ1n) is 13.7. The average molecular weight is 548 g/mol. The number of pyridine rings is 1. The van der Waals surface area contributed by atoms with Crippen molar-refractivity contribution in [3.8, 4) is 17.2 Å². The number of hydrogen-bond acceptors (Lipinski definition) is 10. The van der Waals surface area contributed by atoms with E-state index < -0.39 is 18.2 Å². The maximum Gasteiger partial charge on any atom is 0.225 e. The van der Waals surface area contributed by atoms with E-state index in [2.05, 4.69) is 34.7 Å². The summed E-state index contributed by atoms with van der Waals surface area (Å²) in [5.41, 5.74) is 4.88. The van der Waals surface area contributed by atoms with Gasteiger partial charge in [0.05, 0.1) is 41.7 Å². The number of aliphatic hydroxyl groups excluding tert-OH is 3. The topological polar surface area (TPSA) is 146 Å². The second-order valence-electron chi connectivity index (χ2n) is 10.5. The van der Waals surface area contributed by atoms with Gasteiger partial charge in [0.2, 0.25) is 11.8 Å². The summed E-state index contributed by atoms with van der Waals surface area (Å²) >= 11 is 0. The van der Waals surface area contributed by atoms with Crippen molar-refractivity contribution in [2.75, 3.05) is 23.8 Å². The first kappa shape index (κ1) is 27.8. The molecule has 5 rings (SSSR count). The molecule has 0 amide bonds. The number of benzene rings is 1. The Labute approximate surface area is 233 Å². The van der Waals surface area contributed by atoms with Crippen LogP contribution in [0, 0.1) is 26.7 Å². The number of nitrogens with one attached hydrogen (secondary N) is 2.